The minimum atomic E-state index is -1.19. The van der Waals surface area contributed by atoms with Crippen molar-refractivity contribution in [3.63, 3.8) is 0 Å². The number of ether oxygens (including phenoxy) is 1. The highest BCUT2D eigenvalue weighted by atomic mass is 16.6. The summed E-state index contributed by atoms with van der Waals surface area (Å²) in [6.45, 7) is 5.22. The van der Waals surface area contributed by atoms with Gasteiger partial charge in [0.05, 0.1) is 6.10 Å². The van der Waals surface area contributed by atoms with Crippen molar-refractivity contribution in [2.75, 3.05) is 6.61 Å². The maximum absolute atomic E-state index is 9.66. The van der Waals surface area contributed by atoms with Crippen LogP contribution in [0.3, 0.4) is 0 Å². The molecule has 0 saturated heterocycles. The van der Waals surface area contributed by atoms with Crippen LogP contribution in [-0.4, -0.2) is 22.6 Å². The van der Waals surface area contributed by atoms with Crippen LogP contribution >= 0.6 is 0 Å². The highest BCUT2D eigenvalue weighted by molar-refractivity contribution is 5.27. The monoisotopic (exact) mass is 224 g/mol. The van der Waals surface area contributed by atoms with Gasteiger partial charge >= 0.3 is 0 Å². The van der Waals surface area contributed by atoms with Crippen LogP contribution in [0.2, 0.25) is 0 Å². The summed E-state index contributed by atoms with van der Waals surface area (Å²) in [5, 5.41) is 18.7. The molecule has 90 valence electrons. The third-order valence-corrected chi connectivity index (χ3v) is 2.36. The molecule has 0 unspecified atom stereocenters. The van der Waals surface area contributed by atoms with E-state index in [1.165, 1.54) is 0 Å². The molecule has 0 fully saturated rings. The van der Waals surface area contributed by atoms with Crippen molar-refractivity contribution < 1.29 is 14.9 Å². The van der Waals surface area contributed by atoms with Gasteiger partial charge in [-0.15, -0.1) is 0 Å². The highest BCUT2D eigenvalue weighted by Gasteiger charge is 2.22. The van der Waals surface area contributed by atoms with Crippen LogP contribution < -0.4 is 0 Å². The Hall–Kier alpha value is -0.900. The van der Waals surface area contributed by atoms with Gasteiger partial charge in [0, 0.05) is 13.0 Å². The maximum atomic E-state index is 9.66. The third-order valence-electron chi connectivity index (χ3n) is 2.36. The zero-order valence-corrected chi connectivity index (χ0v) is 10.1. The van der Waals surface area contributed by atoms with Gasteiger partial charge in [-0.3, -0.25) is 0 Å². The first kappa shape index (κ1) is 13.2. The zero-order valence-electron chi connectivity index (χ0n) is 10.1. The van der Waals surface area contributed by atoms with Crippen LogP contribution in [-0.2, 0) is 4.74 Å². The molecule has 0 aromatic heterocycles. The molecule has 0 aliphatic heterocycles. The van der Waals surface area contributed by atoms with Crippen LogP contribution in [0.25, 0.3) is 0 Å². The van der Waals surface area contributed by atoms with Crippen molar-refractivity contribution in [1.82, 2.24) is 0 Å². The fourth-order valence-electron chi connectivity index (χ4n) is 1.69. The summed E-state index contributed by atoms with van der Waals surface area (Å²) in [6.07, 6.45) is 0.209. The molecule has 0 heterocycles. The number of aliphatic hydroxyl groups excluding tert-OH is 1. The summed E-state index contributed by atoms with van der Waals surface area (Å²) in [4.78, 5) is 0. The molecule has 0 aliphatic carbocycles. The van der Waals surface area contributed by atoms with E-state index in [0.717, 1.165) is 11.1 Å². The molecular formula is C13H20O3. The largest absolute Gasteiger partial charge is 0.396 e. The fourth-order valence-corrected chi connectivity index (χ4v) is 1.69. The topological polar surface area (TPSA) is 49.7 Å². The average molecular weight is 224 g/mol. The Kier molecular flexibility index (Phi) is 4.47. The Labute approximate surface area is 96.7 Å². The molecule has 0 saturated carbocycles. The fraction of sp³-hybridized carbons (Fsp3) is 0.538. The first-order chi connectivity index (χ1) is 7.44. The van der Waals surface area contributed by atoms with E-state index in [0.29, 0.717) is 6.42 Å². The highest BCUT2D eigenvalue weighted by Crippen LogP contribution is 2.27. The molecule has 0 aliphatic rings. The van der Waals surface area contributed by atoms with Crippen LogP contribution in [0, 0.1) is 6.92 Å². The molecule has 1 atom stereocenters. The van der Waals surface area contributed by atoms with Crippen molar-refractivity contribution in [3.05, 3.63) is 35.4 Å². The maximum Gasteiger partial charge on any atom is 0.160 e. The molecular weight excluding hydrogens is 204 g/mol. The van der Waals surface area contributed by atoms with Crippen LogP contribution in [0.1, 0.15) is 37.5 Å². The van der Waals surface area contributed by atoms with Gasteiger partial charge in [0.2, 0.25) is 0 Å². The van der Waals surface area contributed by atoms with Gasteiger partial charge < -0.3 is 14.9 Å². The molecule has 1 aromatic carbocycles. The molecule has 0 radical (unpaired) electrons. The molecule has 3 heteroatoms. The third kappa shape index (κ3) is 3.93. The molecule has 0 bridgehead atoms. The molecule has 0 spiro atoms. The van der Waals surface area contributed by atoms with Crippen molar-refractivity contribution in [2.45, 2.75) is 39.1 Å². The van der Waals surface area contributed by atoms with Crippen molar-refractivity contribution in [3.8, 4) is 0 Å². The number of aliphatic hydroxyl groups is 2. The van der Waals surface area contributed by atoms with Gasteiger partial charge in [-0.1, -0.05) is 24.3 Å². The van der Waals surface area contributed by atoms with Crippen molar-refractivity contribution in [1.29, 1.82) is 0 Å². The minimum Gasteiger partial charge on any atom is -0.396 e. The van der Waals surface area contributed by atoms with Crippen LogP contribution in [0.4, 0.5) is 0 Å². The summed E-state index contributed by atoms with van der Waals surface area (Å²) >= 11 is 0. The quantitative estimate of drug-likeness (QED) is 0.753. The lowest BCUT2D eigenvalue weighted by Crippen LogP contribution is -2.26. The van der Waals surface area contributed by atoms with E-state index in [2.05, 4.69) is 0 Å². The number of hydrogen-bond donors (Lipinski definition) is 2. The Morgan fingerprint density at radius 2 is 1.94 bits per heavy atom. The molecule has 1 aromatic rings. The normalized spacial score (nSPS) is 13.8. The van der Waals surface area contributed by atoms with E-state index in [9.17, 15) is 5.11 Å². The molecule has 3 nitrogen and oxygen atoms in total. The van der Waals surface area contributed by atoms with Gasteiger partial charge in [0.25, 0.3) is 0 Å². The Morgan fingerprint density at radius 3 is 2.44 bits per heavy atom. The predicted molar refractivity (Wildman–Crippen MR) is 63.0 cm³/mol. The zero-order chi connectivity index (χ0) is 12.2. The Bertz CT molecular complexity index is 328. The van der Waals surface area contributed by atoms with Gasteiger partial charge in [-0.2, -0.15) is 0 Å². The lowest BCUT2D eigenvalue weighted by Gasteiger charge is -2.27. The van der Waals surface area contributed by atoms with Gasteiger partial charge in [-0.05, 0) is 31.9 Å². The minimum absolute atomic E-state index is 0.0368. The van der Waals surface area contributed by atoms with E-state index >= 15 is 0 Å². The van der Waals surface area contributed by atoms with E-state index in [4.69, 9.17) is 9.84 Å². The number of hydrogen-bond acceptors (Lipinski definition) is 3. The lowest BCUT2D eigenvalue weighted by molar-refractivity contribution is -0.210. The second kappa shape index (κ2) is 5.43. The predicted octanol–water partition coefficient (Wildman–Crippen LogP) is 2.16. The molecule has 2 N–H and O–H groups in total. The standard InChI is InChI=1S/C13H20O3/c1-10-6-4-5-7-11(10)12(8-9-14)16-13(2,3)15/h4-7,12,14-15H,8-9H2,1-3H3/t12-/m1/s1. The Morgan fingerprint density at radius 1 is 1.31 bits per heavy atom. The number of benzene rings is 1. The molecule has 16 heavy (non-hydrogen) atoms. The summed E-state index contributed by atoms with van der Waals surface area (Å²) < 4.78 is 5.54. The van der Waals surface area contributed by atoms with Gasteiger partial charge in [0.15, 0.2) is 5.79 Å². The second-order valence-electron chi connectivity index (χ2n) is 4.42. The lowest BCUT2D eigenvalue weighted by atomic mass is 10.0. The van der Waals surface area contributed by atoms with Crippen molar-refractivity contribution in [2.24, 2.45) is 0 Å². The first-order valence-electron chi connectivity index (χ1n) is 5.50. The van der Waals surface area contributed by atoms with E-state index in [1.54, 1.807) is 13.8 Å². The van der Waals surface area contributed by atoms with E-state index in [1.807, 2.05) is 31.2 Å². The van der Waals surface area contributed by atoms with E-state index < -0.39 is 5.79 Å². The Balaban J connectivity index is 2.89. The summed E-state index contributed by atoms with van der Waals surface area (Å²) in [5.74, 6) is -1.19. The average Bonchev–Trinajstić information content (AvgIpc) is 2.16. The summed E-state index contributed by atoms with van der Waals surface area (Å²) in [7, 11) is 0. The van der Waals surface area contributed by atoms with Crippen LogP contribution in [0.15, 0.2) is 24.3 Å². The number of aryl methyl sites for hydroxylation is 1. The van der Waals surface area contributed by atoms with Crippen LogP contribution in [0.5, 0.6) is 0 Å². The number of rotatable bonds is 5. The first-order valence-corrected chi connectivity index (χ1v) is 5.50. The van der Waals surface area contributed by atoms with Gasteiger partial charge in [-0.25, -0.2) is 0 Å². The molecule has 1 rings (SSSR count). The summed E-state index contributed by atoms with van der Waals surface area (Å²) in [6, 6.07) is 7.84. The smallest absolute Gasteiger partial charge is 0.160 e. The SMILES string of the molecule is Cc1ccccc1[C@@H](CCO)OC(C)(C)O. The molecule has 0 amide bonds. The van der Waals surface area contributed by atoms with E-state index in [-0.39, 0.29) is 12.7 Å². The van der Waals surface area contributed by atoms with Gasteiger partial charge in [0.1, 0.15) is 0 Å². The summed E-state index contributed by atoms with van der Waals surface area (Å²) in [5.41, 5.74) is 2.11. The van der Waals surface area contributed by atoms with Crippen molar-refractivity contribution >= 4 is 0 Å². The second-order valence-corrected chi connectivity index (χ2v) is 4.42.